The number of β-amino-alcohol motifs (C(OH)–C–C–N with tert-alkyl or cyclic N) is 1. The molecule has 5 heteroatoms. The molecule has 0 radical (unpaired) electrons. The number of benzene rings is 2. The van der Waals surface area contributed by atoms with Crippen LogP contribution in [0.15, 0.2) is 60.7 Å². The minimum absolute atomic E-state index is 0.0447. The number of hydrogen-bond donors (Lipinski definition) is 2. The zero-order valence-corrected chi connectivity index (χ0v) is 15.9. The quantitative estimate of drug-likeness (QED) is 0.785. The van der Waals surface area contributed by atoms with Crippen molar-refractivity contribution < 1.29 is 9.90 Å². The van der Waals surface area contributed by atoms with Crippen LogP contribution in [-0.2, 0) is 4.79 Å². The number of hydrogen-bond acceptors (Lipinski definition) is 4. The summed E-state index contributed by atoms with van der Waals surface area (Å²) in [6, 6.07) is 19.8. The predicted molar refractivity (Wildman–Crippen MR) is 107 cm³/mol. The molecule has 1 saturated heterocycles. The van der Waals surface area contributed by atoms with Gasteiger partial charge in [-0.25, -0.2) is 0 Å². The second-order valence-corrected chi connectivity index (χ2v) is 7.04. The van der Waals surface area contributed by atoms with Crippen LogP contribution >= 0.6 is 0 Å². The molecule has 0 bridgehead atoms. The summed E-state index contributed by atoms with van der Waals surface area (Å²) in [5.41, 5.74) is 2.16. The first-order valence-corrected chi connectivity index (χ1v) is 9.66. The van der Waals surface area contributed by atoms with Gasteiger partial charge in [0.05, 0.1) is 18.7 Å². The molecule has 2 aromatic carbocycles. The van der Waals surface area contributed by atoms with Crippen molar-refractivity contribution in [3.05, 3.63) is 71.8 Å². The Morgan fingerprint density at radius 1 is 0.963 bits per heavy atom. The fourth-order valence-electron chi connectivity index (χ4n) is 3.59. The molecule has 1 amide bonds. The van der Waals surface area contributed by atoms with Crippen LogP contribution in [0, 0.1) is 0 Å². The molecular weight excluding hydrogens is 338 g/mol. The molecule has 5 nitrogen and oxygen atoms in total. The third kappa shape index (κ3) is 5.16. The topological polar surface area (TPSA) is 55.8 Å². The van der Waals surface area contributed by atoms with Crippen molar-refractivity contribution in [3.63, 3.8) is 0 Å². The van der Waals surface area contributed by atoms with Crippen LogP contribution in [0.2, 0.25) is 0 Å². The first-order valence-electron chi connectivity index (χ1n) is 9.66. The molecule has 0 spiro atoms. The molecule has 144 valence electrons. The van der Waals surface area contributed by atoms with Crippen molar-refractivity contribution in [1.29, 1.82) is 0 Å². The van der Waals surface area contributed by atoms with Gasteiger partial charge in [0, 0.05) is 32.7 Å². The number of carbonyl (C=O) groups excluding carboxylic acids is 1. The normalized spacial score (nSPS) is 17.0. The van der Waals surface area contributed by atoms with Crippen LogP contribution in [0.1, 0.15) is 24.1 Å². The summed E-state index contributed by atoms with van der Waals surface area (Å²) in [7, 11) is 0. The average molecular weight is 367 g/mol. The molecule has 0 saturated carbocycles. The van der Waals surface area contributed by atoms with Crippen molar-refractivity contribution in [2.75, 3.05) is 39.3 Å². The highest BCUT2D eigenvalue weighted by molar-refractivity contribution is 5.82. The molecule has 1 unspecified atom stereocenters. The van der Waals surface area contributed by atoms with Gasteiger partial charge < -0.3 is 10.4 Å². The minimum Gasteiger partial charge on any atom is -0.395 e. The summed E-state index contributed by atoms with van der Waals surface area (Å²) in [6.07, 6.45) is 0. The van der Waals surface area contributed by atoms with Crippen LogP contribution in [0.3, 0.4) is 0 Å². The number of amides is 1. The zero-order valence-electron chi connectivity index (χ0n) is 15.9. The molecule has 1 atom stereocenters. The van der Waals surface area contributed by atoms with E-state index in [1.165, 1.54) is 0 Å². The van der Waals surface area contributed by atoms with Gasteiger partial charge in [0.1, 0.15) is 0 Å². The van der Waals surface area contributed by atoms with Crippen molar-refractivity contribution >= 4 is 5.91 Å². The Balaban J connectivity index is 1.68. The first kappa shape index (κ1) is 19.5. The fourth-order valence-corrected chi connectivity index (χ4v) is 3.59. The summed E-state index contributed by atoms with van der Waals surface area (Å²) in [4.78, 5) is 17.5. The molecule has 1 aliphatic rings. The van der Waals surface area contributed by atoms with Gasteiger partial charge in [-0.3, -0.25) is 14.6 Å². The Morgan fingerprint density at radius 3 is 1.96 bits per heavy atom. The third-order valence-electron chi connectivity index (χ3n) is 5.30. The molecule has 3 rings (SSSR count). The molecule has 27 heavy (non-hydrogen) atoms. The lowest BCUT2D eigenvalue weighted by atomic mass is 9.98. The van der Waals surface area contributed by atoms with Gasteiger partial charge in [-0.05, 0) is 18.1 Å². The maximum absolute atomic E-state index is 13.0. The standard InChI is InChI=1S/C22H29N3O2/c1-18(25-14-12-24(13-15-25)16-17-26)22(27)23-21(19-8-4-2-5-9-19)20-10-6-3-7-11-20/h2-11,18,21,26H,12-17H2,1H3,(H,23,27). The Labute approximate surface area is 161 Å². The van der Waals surface area contributed by atoms with Crippen LogP contribution in [0.4, 0.5) is 0 Å². The summed E-state index contributed by atoms with van der Waals surface area (Å²) in [6.45, 7) is 6.33. The second kappa shape index (κ2) is 9.65. The highest BCUT2D eigenvalue weighted by Gasteiger charge is 2.27. The van der Waals surface area contributed by atoms with Crippen molar-refractivity contribution in [2.45, 2.75) is 19.0 Å². The Hall–Kier alpha value is -2.21. The summed E-state index contributed by atoms with van der Waals surface area (Å²) in [5.74, 6) is 0.0447. The van der Waals surface area contributed by atoms with Crippen LogP contribution in [0.5, 0.6) is 0 Å². The van der Waals surface area contributed by atoms with Crippen LogP contribution < -0.4 is 5.32 Å². The Bertz CT molecular complexity index is 661. The van der Waals surface area contributed by atoms with E-state index < -0.39 is 0 Å². The van der Waals surface area contributed by atoms with E-state index in [0.717, 1.165) is 37.3 Å². The second-order valence-electron chi connectivity index (χ2n) is 7.04. The molecule has 1 heterocycles. The van der Waals surface area contributed by atoms with Gasteiger partial charge in [0.25, 0.3) is 0 Å². The Kier molecular flexibility index (Phi) is 6.98. The maximum atomic E-state index is 13.0. The molecule has 0 aliphatic carbocycles. The average Bonchev–Trinajstić information content (AvgIpc) is 2.73. The molecule has 0 aromatic heterocycles. The molecule has 1 aliphatic heterocycles. The lowest BCUT2D eigenvalue weighted by Gasteiger charge is -2.37. The van der Waals surface area contributed by atoms with Gasteiger partial charge in [-0.15, -0.1) is 0 Å². The lowest BCUT2D eigenvalue weighted by Crippen LogP contribution is -2.54. The number of piperazine rings is 1. The van der Waals surface area contributed by atoms with E-state index in [-0.39, 0.29) is 24.6 Å². The van der Waals surface area contributed by atoms with E-state index in [0.29, 0.717) is 6.54 Å². The number of aliphatic hydroxyl groups is 1. The van der Waals surface area contributed by atoms with Gasteiger partial charge >= 0.3 is 0 Å². The van der Waals surface area contributed by atoms with E-state index >= 15 is 0 Å². The summed E-state index contributed by atoms with van der Waals surface area (Å²) in [5, 5.41) is 12.3. The van der Waals surface area contributed by atoms with Gasteiger partial charge in [-0.2, -0.15) is 0 Å². The number of rotatable bonds is 7. The monoisotopic (exact) mass is 367 g/mol. The molecule has 2 N–H and O–H groups in total. The van der Waals surface area contributed by atoms with E-state index in [1.54, 1.807) is 0 Å². The van der Waals surface area contributed by atoms with Crippen molar-refractivity contribution in [2.24, 2.45) is 0 Å². The van der Waals surface area contributed by atoms with Gasteiger partial charge in [-0.1, -0.05) is 60.7 Å². The predicted octanol–water partition coefficient (Wildman–Crippen LogP) is 1.89. The largest absolute Gasteiger partial charge is 0.395 e. The minimum atomic E-state index is -0.184. The van der Waals surface area contributed by atoms with Crippen LogP contribution in [0.25, 0.3) is 0 Å². The van der Waals surface area contributed by atoms with E-state index in [2.05, 4.69) is 39.4 Å². The van der Waals surface area contributed by atoms with E-state index in [4.69, 9.17) is 5.11 Å². The van der Waals surface area contributed by atoms with Crippen LogP contribution in [-0.4, -0.2) is 66.2 Å². The molecule has 2 aromatic rings. The number of aliphatic hydroxyl groups excluding tert-OH is 1. The van der Waals surface area contributed by atoms with E-state index in [1.807, 2.05) is 43.3 Å². The number of nitrogens with one attached hydrogen (secondary N) is 1. The third-order valence-corrected chi connectivity index (χ3v) is 5.30. The first-order chi connectivity index (χ1) is 13.2. The van der Waals surface area contributed by atoms with Gasteiger partial charge in [0.15, 0.2) is 0 Å². The SMILES string of the molecule is CC(C(=O)NC(c1ccccc1)c1ccccc1)N1CCN(CCO)CC1. The maximum Gasteiger partial charge on any atom is 0.237 e. The zero-order chi connectivity index (χ0) is 19.1. The highest BCUT2D eigenvalue weighted by Crippen LogP contribution is 2.22. The van der Waals surface area contributed by atoms with E-state index in [9.17, 15) is 4.79 Å². The number of carbonyl (C=O) groups is 1. The highest BCUT2D eigenvalue weighted by atomic mass is 16.3. The van der Waals surface area contributed by atoms with Crippen molar-refractivity contribution in [1.82, 2.24) is 15.1 Å². The smallest absolute Gasteiger partial charge is 0.237 e. The number of nitrogens with zero attached hydrogens (tertiary/aromatic N) is 2. The summed E-state index contributed by atoms with van der Waals surface area (Å²) >= 11 is 0. The molecule has 1 fully saturated rings. The fraction of sp³-hybridized carbons (Fsp3) is 0.409. The Morgan fingerprint density at radius 2 is 1.48 bits per heavy atom. The molecular formula is C22H29N3O2. The van der Waals surface area contributed by atoms with Crippen molar-refractivity contribution in [3.8, 4) is 0 Å². The van der Waals surface area contributed by atoms with Gasteiger partial charge in [0.2, 0.25) is 5.91 Å². The lowest BCUT2D eigenvalue weighted by molar-refractivity contribution is -0.127. The summed E-state index contributed by atoms with van der Waals surface area (Å²) < 4.78 is 0.